The van der Waals surface area contributed by atoms with Crippen LogP contribution in [0.5, 0.6) is 5.75 Å². The van der Waals surface area contributed by atoms with Crippen molar-refractivity contribution in [1.29, 1.82) is 0 Å². The first-order valence-electron chi connectivity index (χ1n) is 7.93. The zero-order valence-electron chi connectivity index (χ0n) is 14.1. The maximum absolute atomic E-state index is 13.3. The summed E-state index contributed by atoms with van der Waals surface area (Å²) in [5.41, 5.74) is 0.317. The third kappa shape index (κ3) is 3.33. The summed E-state index contributed by atoms with van der Waals surface area (Å²) in [6.07, 6.45) is 0.307. The number of carbonyl (C=O) groups is 2. The van der Waals surface area contributed by atoms with Crippen LogP contribution in [-0.4, -0.2) is 29.5 Å². The van der Waals surface area contributed by atoms with Crippen molar-refractivity contribution < 1.29 is 18.7 Å². The van der Waals surface area contributed by atoms with Crippen LogP contribution in [0.3, 0.4) is 0 Å². The zero-order chi connectivity index (χ0) is 18.0. The second-order valence-electron chi connectivity index (χ2n) is 6.27. The predicted molar refractivity (Wildman–Crippen MR) is 90.6 cm³/mol. The fourth-order valence-electron chi connectivity index (χ4n) is 3.06. The van der Waals surface area contributed by atoms with Gasteiger partial charge in [0.2, 0.25) is 0 Å². The van der Waals surface area contributed by atoms with Crippen LogP contribution in [0, 0.1) is 5.82 Å². The Kier molecular flexibility index (Phi) is 4.44. The second-order valence-corrected chi connectivity index (χ2v) is 6.27. The van der Waals surface area contributed by atoms with E-state index >= 15 is 0 Å². The van der Waals surface area contributed by atoms with E-state index in [4.69, 9.17) is 4.74 Å². The minimum atomic E-state index is -1.07. The van der Waals surface area contributed by atoms with Crippen LogP contribution in [0.25, 0.3) is 0 Å². The summed E-state index contributed by atoms with van der Waals surface area (Å²) in [6, 6.07) is 12.8. The molecule has 1 heterocycles. The third-order valence-corrected chi connectivity index (χ3v) is 4.31. The Morgan fingerprint density at radius 2 is 1.92 bits per heavy atom. The Bertz CT molecular complexity index is 824. The van der Waals surface area contributed by atoms with Crippen molar-refractivity contribution in [3.05, 3.63) is 65.5 Å². The lowest BCUT2D eigenvalue weighted by Crippen LogP contribution is -2.46. The molecule has 25 heavy (non-hydrogen) atoms. The monoisotopic (exact) mass is 342 g/mol. The van der Waals surface area contributed by atoms with Crippen molar-refractivity contribution in [2.75, 3.05) is 7.11 Å². The minimum absolute atomic E-state index is 0.0317. The van der Waals surface area contributed by atoms with Gasteiger partial charge in [-0.15, -0.1) is 0 Å². The molecule has 130 valence electrons. The first-order valence-corrected chi connectivity index (χ1v) is 7.93. The molecule has 3 amide bonds. The molecule has 0 aliphatic carbocycles. The Labute approximate surface area is 145 Å². The highest BCUT2D eigenvalue weighted by Crippen LogP contribution is 2.28. The maximum Gasteiger partial charge on any atom is 0.325 e. The van der Waals surface area contributed by atoms with Gasteiger partial charge in [0.1, 0.15) is 17.1 Å². The maximum atomic E-state index is 13.3. The van der Waals surface area contributed by atoms with E-state index in [9.17, 15) is 14.0 Å². The van der Waals surface area contributed by atoms with E-state index in [0.29, 0.717) is 17.7 Å². The summed E-state index contributed by atoms with van der Waals surface area (Å²) >= 11 is 0. The van der Waals surface area contributed by atoms with Gasteiger partial charge in [-0.05, 0) is 36.2 Å². The smallest absolute Gasteiger partial charge is 0.325 e. The molecule has 2 aromatic rings. The van der Waals surface area contributed by atoms with Crippen LogP contribution >= 0.6 is 0 Å². The van der Waals surface area contributed by atoms with Crippen LogP contribution in [0.15, 0.2) is 48.5 Å². The molecule has 1 fully saturated rings. The summed E-state index contributed by atoms with van der Waals surface area (Å²) in [6.45, 7) is 1.72. The molecule has 1 aliphatic heterocycles. The van der Waals surface area contributed by atoms with Crippen LogP contribution in [0.1, 0.15) is 18.1 Å². The van der Waals surface area contributed by atoms with Gasteiger partial charge < -0.3 is 10.1 Å². The van der Waals surface area contributed by atoms with Gasteiger partial charge in [-0.25, -0.2) is 9.18 Å². The third-order valence-electron chi connectivity index (χ3n) is 4.31. The normalized spacial score (nSPS) is 19.9. The number of imide groups is 1. The van der Waals surface area contributed by atoms with Gasteiger partial charge >= 0.3 is 6.03 Å². The highest BCUT2D eigenvalue weighted by atomic mass is 19.1. The van der Waals surface area contributed by atoms with Gasteiger partial charge in [0.25, 0.3) is 5.91 Å². The van der Waals surface area contributed by atoms with Crippen molar-refractivity contribution in [3.63, 3.8) is 0 Å². The van der Waals surface area contributed by atoms with Gasteiger partial charge in [-0.1, -0.05) is 30.3 Å². The molecule has 2 aromatic carbocycles. The fraction of sp³-hybridized carbons (Fsp3) is 0.263. The van der Waals surface area contributed by atoms with Crippen molar-refractivity contribution >= 4 is 11.9 Å². The van der Waals surface area contributed by atoms with Gasteiger partial charge in [0, 0.05) is 6.42 Å². The molecule has 0 spiro atoms. The molecule has 6 heteroatoms. The first kappa shape index (κ1) is 17.0. The number of amides is 3. The molecule has 1 aliphatic rings. The number of nitrogens with zero attached hydrogens (tertiary/aromatic N) is 1. The summed E-state index contributed by atoms with van der Waals surface area (Å²) in [5, 5.41) is 2.75. The number of hydrogen-bond donors (Lipinski definition) is 1. The number of hydrogen-bond acceptors (Lipinski definition) is 3. The highest BCUT2D eigenvalue weighted by molar-refractivity contribution is 6.06. The van der Waals surface area contributed by atoms with Crippen LogP contribution in [-0.2, 0) is 17.8 Å². The quantitative estimate of drug-likeness (QED) is 0.850. The average molecular weight is 342 g/mol. The summed E-state index contributed by atoms with van der Waals surface area (Å²) in [7, 11) is 1.56. The number of carbonyl (C=O) groups excluding carboxylic acids is 2. The topological polar surface area (TPSA) is 58.6 Å². The second kappa shape index (κ2) is 6.55. The average Bonchev–Trinajstić information content (AvgIpc) is 2.78. The Hall–Kier alpha value is -2.89. The lowest BCUT2D eigenvalue weighted by atomic mass is 9.92. The molecular weight excluding hydrogens is 323 g/mol. The van der Waals surface area contributed by atoms with E-state index in [1.807, 2.05) is 24.3 Å². The fourth-order valence-corrected chi connectivity index (χ4v) is 3.06. The SMILES string of the molecule is COc1ccccc1C[C@]1(C)NC(=O)N(Cc2cccc(F)c2)C1=O. The van der Waals surface area contributed by atoms with E-state index in [-0.39, 0.29) is 12.5 Å². The molecule has 1 N–H and O–H groups in total. The lowest BCUT2D eigenvalue weighted by molar-refractivity contribution is -0.131. The number of urea groups is 1. The standard InChI is InChI=1S/C19H19FN2O3/c1-19(11-14-7-3-4-9-16(14)25-2)17(23)22(18(24)21-19)12-13-6-5-8-15(20)10-13/h3-10H,11-12H2,1-2H3,(H,21,24)/t19-/m0/s1. The van der Waals surface area contributed by atoms with Crippen molar-refractivity contribution in [2.24, 2.45) is 0 Å². The molecule has 3 rings (SSSR count). The molecule has 1 atom stereocenters. The number of rotatable bonds is 5. The van der Waals surface area contributed by atoms with E-state index in [0.717, 1.165) is 10.5 Å². The van der Waals surface area contributed by atoms with Crippen LogP contribution in [0.4, 0.5) is 9.18 Å². The van der Waals surface area contributed by atoms with E-state index in [1.165, 1.54) is 12.1 Å². The van der Waals surface area contributed by atoms with E-state index < -0.39 is 17.4 Å². The number of benzene rings is 2. The zero-order valence-corrected chi connectivity index (χ0v) is 14.1. The number of para-hydroxylation sites is 1. The molecule has 0 bridgehead atoms. The van der Waals surface area contributed by atoms with Gasteiger partial charge in [-0.2, -0.15) is 0 Å². The molecule has 1 saturated heterocycles. The number of nitrogens with one attached hydrogen (secondary N) is 1. The molecule has 0 radical (unpaired) electrons. The van der Waals surface area contributed by atoms with Crippen LogP contribution in [0.2, 0.25) is 0 Å². The lowest BCUT2D eigenvalue weighted by Gasteiger charge is -2.23. The van der Waals surface area contributed by atoms with E-state index in [1.54, 1.807) is 26.2 Å². The number of methoxy groups -OCH3 is 1. The highest BCUT2D eigenvalue weighted by Gasteiger charge is 2.47. The number of halogens is 1. The number of ether oxygens (including phenoxy) is 1. The molecule has 0 saturated carbocycles. The van der Waals surface area contributed by atoms with E-state index in [2.05, 4.69) is 5.32 Å². The Morgan fingerprint density at radius 1 is 1.16 bits per heavy atom. The molecule has 0 unspecified atom stereocenters. The van der Waals surface area contributed by atoms with Gasteiger partial charge in [0.15, 0.2) is 0 Å². The van der Waals surface area contributed by atoms with Crippen molar-refractivity contribution in [2.45, 2.75) is 25.4 Å². The Morgan fingerprint density at radius 3 is 2.64 bits per heavy atom. The molecule has 0 aromatic heterocycles. The van der Waals surface area contributed by atoms with Gasteiger partial charge in [0.05, 0.1) is 13.7 Å². The summed E-state index contributed by atoms with van der Waals surface area (Å²) in [5.74, 6) is -0.0802. The first-order chi connectivity index (χ1) is 11.9. The molecular formula is C19H19FN2O3. The van der Waals surface area contributed by atoms with Crippen molar-refractivity contribution in [3.8, 4) is 5.75 Å². The summed E-state index contributed by atoms with van der Waals surface area (Å²) in [4.78, 5) is 26.3. The van der Waals surface area contributed by atoms with Gasteiger partial charge in [-0.3, -0.25) is 9.69 Å². The largest absolute Gasteiger partial charge is 0.496 e. The van der Waals surface area contributed by atoms with Crippen LogP contribution < -0.4 is 10.1 Å². The molecule has 5 nitrogen and oxygen atoms in total. The minimum Gasteiger partial charge on any atom is -0.496 e. The Balaban J connectivity index is 1.82. The predicted octanol–water partition coefficient (Wildman–Crippen LogP) is 2.89. The van der Waals surface area contributed by atoms with Crippen molar-refractivity contribution in [1.82, 2.24) is 10.2 Å². The summed E-state index contributed by atoms with van der Waals surface area (Å²) < 4.78 is 18.7.